The van der Waals surface area contributed by atoms with Crippen molar-refractivity contribution in [3.63, 3.8) is 0 Å². The zero-order valence-electron chi connectivity index (χ0n) is 14.0. The Kier molecular flexibility index (Phi) is 4.04. The molecule has 2 aromatic rings. The van der Waals surface area contributed by atoms with E-state index in [2.05, 4.69) is 17.6 Å². The lowest BCUT2D eigenvalue weighted by Crippen LogP contribution is -2.28. The minimum absolute atomic E-state index is 0.118. The molecule has 1 saturated heterocycles. The van der Waals surface area contributed by atoms with Crippen molar-refractivity contribution in [2.45, 2.75) is 47.6 Å². The monoisotopic (exact) mass is 360 g/mol. The second kappa shape index (κ2) is 6.11. The molecule has 25 heavy (non-hydrogen) atoms. The lowest BCUT2D eigenvalue weighted by atomic mass is 9.90. The predicted octanol–water partition coefficient (Wildman–Crippen LogP) is 3.31. The average molecular weight is 360 g/mol. The molecule has 2 N–H and O–H groups in total. The molecule has 3 atom stereocenters. The number of sulfone groups is 1. The summed E-state index contributed by atoms with van der Waals surface area (Å²) < 4.78 is 38.8. The third-order valence-electron chi connectivity index (χ3n) is 5.24. The standard InChI is InChI=1S/C19H21FN2O2S/c1-12-10-19-16(8-9-21-12)17-11-15(6-7-18(17)22-19)25(23,24)14-4-2-13(20)3-5-14/h2-7,11-12,16,19,21-22H,8-10H2,1H3/t12?,16-,19+/m1/s1. The highest BCUT2D eigenvalue weighted by atomic mass is 32.2. The third kappa shape index (κ3) is 2.93. The van der Waals surface area contributed by atoms with E-state index in [1.54, 1.807) is 12.1 Å². The SMILES string of the molecule is CC1C[C@@H]2Nc3ccc(S(=O)(=O)c4ccc(F)cc4)cc3[C@H]2CCN1. The van der Waals surface area contributed by atoms with Crippen molar-refractivity contribution in [1.29, 1.82) is 0 Å². The number of hydrogen-bond donors (Lipinski definition) is 2. The summed E-state index contributed by atoms with van der Waals surface area (Å²) in [5.74, 6) is -0.129. The van der Waals surface area contributed by atoms with Crippen LogP contribution in [0.2, 0.25) is 0 Å². The zero-order chi connectivity index (χ0) is 17.6. The van der Waals surface area contributed by atoms with Gasteiger partial charge in [0, 0.05) is 23.7 Å². The summed E-state index contributed by atoms with van der Waals surface area (Å²) in [4.78, 5) is 0.387. The highest BCUT2D eigenvalue weighted by Gasteiger charge is 2.35. The smallest absolute Gasteiger partial charge is 0.206 e. The number of halogens is 1. The van der Waals surface area contributed by atoms with Gasteiger partial charge in [-0.25, -0.2) is 12.8 Å². The van der Waals surface area contributed by atoms with E-state index >= 15 is 0 Å². The second-order valence-electron chi connectivity index (χ2n) is 6.94. The summed E-state index contributed by atoms with van der Waals surface area (Å²) in [5.41, 5.74) is 2.10. The maximum absolute atomic E-state index is 13.1. The molecule has 2 aliphatic heterocycles. The molecule has 4 rings (SSSR count). The Morgan fingerprint density at radius 3 is 2.56 bits per heavy atom. The van der Waals surface area contributed by atoms with Crippen molar-refractivity contribution in [3.05, 3.63) is 53.8 Å². The number of fused-ring (bicyclic) bond motifs is 3. The Hall–Kier alpha value is -1.92. The average Bonchev–Trinajstić information content (AvgIpc) is 2.80. The fourth-order valence-electron chi connectivity index (χ4n) is 3.94. The molecule has 0 spiro atoms. The van der Waals surface area contributed by atoms with Crippen molar-refractivity contribution in [3.8, 4) is 0 Å². The van der Waals surface area contributed by atoms with E-state index in [9.17, 15) is 12.8 Å². The number of anilines is 1. The molecule has 1 unspecified atom stereocenters. The van der Waals surface area contributed by atoms with Crippen LogP contribution in [0.1, 0.15) is 31.2 Å². The first kappa shape index (κ1) is 16.5. The van der Waals surface area contributed by atoms with Gasteiger partial charge in [0.25, 0.3) is 0 Å². The van der Waals surface area contributed by atoms with Crippen LogP contribution < -0.4 is 10.6 Å². The van der Waals surface area contributed by atoms with Crippen molar-refractivity contribution < 1.29 is 12.8 Å². The Morgan fingerprint density at radius 1 is 1.08 bits per heavy atom. The third-order valence-corrected chi connectivity index (χ3v) is 7.01. The molecule has 1 fully saturated rings. The summed E-state index contributed by atoms with van der Waals surface area (Å²) in [6.07, 6.45) is 1.99. The van der Waals surface area contributed by atoms with Crippen LogP contribution in [0.3, 0.4) is 0 Å². The van der Waals surface area contributed by atoms with Crippen LogP contribution >= 0.6 is 0 Å². The summed E-state index contributed by atoms with van der Waals surface area (Å²) >= 11 is 0. The Bertz CT molecular complexity index is 896. The second-order valence-corrected chi connectivity index (χ2v) is 8.89. The molecule has 0 aromatic heterocycles. The van der Waals surface area contributed by atoms with Crippen LogP contribution in [0.5, 0.6) is 0 Å². The number of benzene rings is 2. The summed E-state index contributed by atoms with van der Waals surface area (Å²) in [6.45, 7) is 3.11. The number of nitrogens with one attached hydrogen (secondary N) is 2. The predicted molar refractivity (Wildman–Crippen MR) is 95.1 cm³/mol. The Morgan fingerprint density at radius 2 is 1.80 bits per heavy atom. The highest BCUT2D eigenvalue weighted by Crippen LogP contribution is 2.42. The van der Waals surface area contributed by atoms with E-state index in [1.165, 1.54) is 24.3 Å². The van der Waals surface area contributed by atoms with Gasteiger partial charge in [-0.15, -0.1) is 0 Å². The zero-order valence-corrected chi connectivity index (χ0v) is 14.8. The van der Waals surface area contributed by atoms with Crippen LogP contribution in [0.25, 0.3) is 0 Å². The van der Waals surface area contributed by atoms with E-state index in [4.69, 9.17) is 0 Å². The fraction of sp³-hybridized carbons (Fsp3) is 0.368. The molecule has 132 valence electrons. The van der Waals surface area contributed by atoms with E-state index < -0.39 is 15.7 Å². The first-order valence-electron chi connectivity index (χ1n) is 8.59. The Balaban J connectivity index is 1.72. The molecule has 0 amide bonds. The van der Waals surface area contributed by atoms with Gasteiger partial charge in [0.1, 0.15) is 5.82 Å². The van der Waals surface area contributed by atoms with Crippen LogP contribution in [0.4, 0.5) is 10.1 Å². The largest absolute Gasteiger partial charge is 0.381 e. The van der Waals surface area contributed by atoms with E-state index in [-0.39, 0.29) is 9.79 Å². The van der Waals surface area contributed by atoms with Gasteiger partial charge in [0.2, 0.25) is 9.84 Å². The minimum Gasteiger partial charge on any atom is -0.381 e. The molecule has 4 nitrogen and oxygen atoms in total. The molecular formula is C19H21FN2O2S. The molecule has 0 radical (unpaired) electrons. The molecule has 0 aliphatic carbocycles. The lowest BCUT2D eigenvalue weighted by molar-refractivity contribution is 0.521. The first-order valence-corrected chi connectivity index (χ1v) is 10.1. The molecule has 0 bridgehead atoms. The highest BCUT2D eigenvalue weighted by molar-refractivity contribution is 7.91. The van der Waals surface area contributed by atoms with Crippen LogP contribution in [-0.2, 0) is 9.84 Å². The van der Waals surface area contributed by atoms with Crippen LogP contribution in [-0.4, -0.2) is 27.0 Å². The lowest BCUT2D eigenvalue weighted by Gasteiger charge is -2.18. The minimum atomic E-state index is -3.65. The molecule has 6 heteroatoms. The molecule has 2 heterocycles. The van der Waals surface area contributed by atoms with E-state index in [1.807, 2.05) is 6.07 Å². The topological polar surface area (TPSA) is 58.2 Å². The van der Waals surface area contributed by atoms with Crippen molar-refractivity contribution in [2.75, 3.05) is 11.9 Å². The quantitative estimate of drug-likeness (QED) is 0.807. The van der Waals surface area contributed by atoms with Gasteiger partial charge in [-0.3, -0.25) is 0 Å². The Labute approximate surface area is 147 Å². The van der Waals surface area contributed by atoms with Gasteiger partial charge in [-0.1, -0.05) is 0 Å². The maximum Gasteiger partial charge on any atom is 0.206 e. The van der Waals surface area contributed by atoms with Crippen LogP contribution in [0.15, 0.2) is 52.3 Å². The molecule has 2 aromatic carbocycles. The summed E-state index contributed by atoms with van der Waals surface area (Å²) in [5, 5.41) is 7.03. The number of rotatable bonds is 2. The van der Waals surface area contributed by atoms with Gasteiger partial charge in [0.05, 0.1) is 9.79 Å². The van der Waals surface area contributed by atoms with Gasteiger partial charge in [-0.05, 0) is 74.3 Å². The molecular weight excluding hydrogens is 339 g/mol. The van der Waals surface area contributed by atoms with E-state index in [0.29, 0.717) is 18.0 Å². The van der Waals surface area contributed by atoms with Gasteiger partial charge in [0.15, 0.2) is 0 Å². The van der Waals surface area contributed by atoms with Crippen molar-refractivity contribution in [2.24, 2.45) is 0 Å². The molecule has 2 aliphatic rings. The van der Waals surface area contributed by atoms with Crippen molar-refractivity contribution >= 4 is 15.5 Å². The maximum atomic E-state index is 13.1. The van der Waals surface area contributed by atoms with Gasteiger partial charge >= 0.3 is 0 Å². The van der Waals surface area contributed by atoms with E-state index in [0.717, 1.165) is 30.6 Å². The summed E-state index contributed by atoms with van der Waals surface area (Å²) in [7, 11) is -3.65. The normalized spacial score (nSPS) is 25.6. The molecule has 0 saturated carbocycles. The first-order chi connectivity index (χ1) is 11.9. The van der Waals surface area contributed by atoms with Gasteiger partial charge < -0.3 is 10.6 Å². The van der Waals surface area contributed by atoms with Crippen molar-refractivity contribution in [1.82, 2.24) is 5.32 Å². The number of hydrogen-bond acceptors (Lipinski definition) is 4. The summed E-state index contributed by atoms with van der Waals surface area (Å²) in [6, 6.07) is 11.1. The van der Waals surface area contributed by atoms with Gasteiger partial charge in [-0.2, -0.15) is 0 Å². The fourth-order valence-corrected chi connectivity index (χ4v) is 5.24. The van der Waals surface area contributed by atoms with Crippen LogP contribution in [0, 0.1) is 5.82 Å².